The summed E-state index contributed by atoms with van der Waals surface area (Å²) < 4.78 is 4.93. The number of rotatable bonds is 6. The van der Waals surface area contributed by atoms with Gasteiger partial charge >= 0.3 is 0 Å². The minimum absolute atomic E-state index is 0.00245. The zero-order chi connectivity index (χ0) is 13.5. The SMILES string of the molecule is COCCNC(=O)[C@H](c1cccc(C)c1)N(C)C. The summed E-state index contributed by atoms with van der Waals surface area (Å²) in [4.78, 5) is 14.1. The van der Waals surface area contributed by atoms with Crippen molar-refractivity contribution in [3.63, 3.8) is 0 Å². The van der Waals surface area contributed by atoms with Crippen molar-refractivity contribution in [1.82, 2.24) is 10.2 Å². The van der Waals surface area contributed by atoms with Gasteiger partial charge in [-0.3, -0.25) is 9.69 Å². The summed E-state index contributed by atoms with van der Waals surface area (Å²) in [6.45, 7) is 3.09. The van der Waals surface area contributed by atoms with Crippen LogP contribution in [0.15, 0.2) is 24.3 Å². The van der Waals surface area contributed by atoms with Gasteiger partial charge in [0, 0.05) is 13.7 Å². The van der Waals surface area contributed by atoms with Crippen LogP contribution in [0.25, 0.3) is 0 Å². The number of methoxy groups -OCH3 is 1. The van der Waals surface area contributed by atoms with Gasteiger partial charge in [-0.2, -0.15) is 0 Å². The highest BCUT2D eigenvalue weighted by Gasteiger charge is 2.22. The molecule has 0 unspecified atom stereocenters. The van der Waals surface area contributed by atoms with Crippen molar-refractivity contribution < 1.29 is 9.53 Å². The lowest BCUT2D eigenvalue weighted by Gasteiger charge is -2.24. The number of aryl methyl sites for hydroxylation is 1. The van der Waals surface area contributed by atoms with E-state index in [-0.39, 0.29) is 11.9 Å². The van der Waals surface area contributed by atoms with Crippen LogP contribution >= 0.6 is 0 Å². The number of nitrogens with zero attached hydrogens (tertiary/aromatic N) is 1. The lowest BCUT2D eigenvalue weighted by Crippen LogP contribution is -2.38. The van der Waals surface area contributed by atoms with Gasteiger partial charge in [0.05, 0.1) is 6.61 Å². The van der Waals surface area contributed by atoms with Crippen LogP contribution in [-0.2, 0) is 9.53 Å². The predicted octanol–water partition coefficient (Wildman–Crippen LogP) is 1.36. The molecule has 0 bridgehead atoms. The summed E-state index contributed by atoms with van der Waals surface area (Å²) in [6.07, 6.45) is 0. The predicted molar refractivity (Wildman–Crippen MR) is 72.5 cm³/mol. The average molecular weight is 250 g/mol. The Hall–Kier alpha value is -1.39. The number of benzene rings is 1. The topological polar surface area (TPSA) is 41.6 Å². The first-order chi connectivity index (χ1) is 8.56. The molecule has 0 radical (unpaired) electrons. The maximum absolute atomic E-state index is 12.2. The van der Waals surface area contributed by atoms with Crippen LogP contribution in [-0.4, -0.2) is 45.2 Å². The fraction of sp³-hybridized carbons (Fsp3) is 0.500. The molecule has 0 aliphatic rings. The molecule has 0 aliphatic carbocycles. The van der Waals surface area contributed by atoms with Crippen molar-refractivity contribution in [3.05, 3.63) is 35.4 Å². The summed E-state index contributed by atoms with van der Waals surface area (Å²) >= 11 is 0. The summed E-state index contributed by atoms with van der Waals surface area (Å²) in [5.74, 6) is 0.00245. The van der Waals surface area contributed by atoms with Gasteiger partial charge in [0.1, 0.15) is 6.04 Å². The summed E-state index contributed by atoms with van der Waals surface area (Å²) in [7, 11) is 5.43. The number of likely N-dealkylation sites (N-methyl/N-ethyl adjacent to an activating group) is 1. The van der Waals surface area contributed by atoms with Crippen LogP contribution in [0, 0.1) is 6.92 Å². The number of hydrogen-bond donors (Lipinski definition) is 1. The average Bonchev–Trinajstić information content (AvgIpc) is 2.29. The Bertz CT molecular complexity index is 391. The summed E-state index contributed by atoms with van der Waals surface area (Å²) in [5, 5.41) is 2.88. The van der Waals surface area contributed by atoms with Crippen molar-refractivity contribution in [3.8, 4) is 0 Å². The van der Waals surface area contributed by atoms with Crippen LogP contribution in [0.5, 0.6) is 0 Å². The molecule has 0 saturated carbocycles. The highest BCUT2D eigenvalue weighted by molar-refractivity contribution is 5.83. The molecule has 18 heavy (non-hydrogen) atoms. The Morgan fingerprint density at radius 2 is 2.17 bits per heavy atom. The molecular weight excluding hydrogens is 228 g/mol. The Morgan fingerprint density at radius 3 is 2.72 bits per heavy atom. The van der Waals surface area contributed by atoms with E-state index in [0.717, 1.165) is 11.1 Å². The Labute approximate surface area is 109 Å². The van der Waals surface area contributed by atoms with Crippen LogP contribution in [0.1, 0.15) is 17.2 Å². The number of nitrogens with one attached hydrogen (secondary N) is 1. The summed E-state index contributed by atoms with van der Waals surface area (Å²) in [6, 6.07) is 7.76. The van der Waals surface area contributed by atoms with E-state index in [4.69, 9.17) is 4.74 Å². The van der Waals surface area contributed by atoms with Crippen LogP contribution in [0.2, 0.25) is 0 Å². The summed E-state index contributed by atoms with van der Waals surface area (Å²) in [5.41, 5.74) is 2.17. The van der Waals surface area contributed by atoms with Gasteiger partial charge in [0.15, 0.2) is 0 Å². The smallest absolute Gasteiger partial charge is 0.242 e. The number of amides is 1. The van der Waals surface area contributed by atoms with E-state index in [1.165, 1.54) is 0 Å². The molecule has 100 valence electrons. The van der Waals surface area contributed by atoms with E-state index >= 15 is 0 Å². The molecule has 0 heterocycles. The van der Waals surface area contributed by atoms with Gasteiger partial charge in [-0.05, 0) is 26.6 Å². The monoisotopic (exact) mass is 250 g/mol. The van der Waals surface area contributed by atoms with Gasteiger partial charge in [-0.1, -0.05) is 29.8 Å². The zero-order valence-electron chi connectivity index (χ0n) is 11.6. The van der Waals surface area contributed by atoms with Crippen molar-refractivity contribution in [2.45, 2.75) is 13.0 Å². The van der Waals surface area contributed by atoms with Gasteiger partial charge in [0.2, 0.25) is 5.91 Å². The van der Waals surface area contributed by atoms with Crippen molar-refractivity contribution in [1.29, 1.82) is 0 Å². The second-order valence-electron chi connectivity index (χ2n) is 4.56. The van der Waals surface area contributed by atoms with E-state index in [9.17, 15) is 4.79 Å². The van der Waals surface area contributed by atoms with Crippen molar-refractivity contribution in [2.24, 2.45) is 0 Å². The van der Waals surface area contributed by atoms with E-state index in [1.54, 1.807) is 7.11 Å². The van der Waals surface area contributed by atoms with E-state index in [2.05, 4.69) is 5.32 Å². The fourth-order valence-corrected chi connectivity index (χ4v) is 1.90. The molecule has 4 nitrogen and oxygen atoms in total. The largest absolute Gasteiger partial charge is 0.383 e. The molecule has 0 saturated heterocycles. The quantitative estimate of drug-likeness (QED) is 0.775. The Balaban J connectivity index is 2.79. The molecule has 0 aliphatic heterocycles. The number of carbonyl (C=O) groups is 1. The molecule has 1 aromatic rings. The second kappa shape index (κ2) is 7.13. The standard InChI is InChI=1S/C14H22N2O2/c1-11-6-5-7-12(10-11)13(16(2)3)14(17)15-8-9-18-4/h5-7,10,13H,8-9H2,1-4H3,(H,15,17)/t13-/m0/s1. The van der Waals surface area contributed by atoms with Gasteiger partial charge < -0.3 is 10.1 Å². The molecule has 1 atom stereocenters. The van der Waals surface area contributed by atoms with Crippen LogP contribution < -0.4 is 5.32 Å². The fourth-order valence-electron chi connectivity index (χ4n) is 1.90. The third-order valence-electron chi connectivity index (χ3n) is 2.73. The third-order valence-corrected chi connectivity index (χ3v) is 2.73. The Morgan fingerprint density at radius 1 is 1.44 bits per heavy atom. The molecule has 0 aromatic heterocycles. The van der Waals surface area contributed by atoms with Gasteiger partial charge in [0.25, 0.3) is 0 Å². The molecule has 0 spiro atoms. The highest BCUT2D eigenvalue weighted by Crippen LogP contribution is 2.19. The number of hydrogen-bond acceptors (Lipinski definition) is 3. The lowest BCUT2D eigenvalue weighted by atomic mass is 10.0. The molecule has 1 amide bonds. The van der Waals surface area contributed by atoms with Crippen LogP contribution in [0.4, 0.5) is 0 Å². The van der Waals surface area contributed by atoms with Crippen LogP contribution in [0.3, 0.4) is 0 Å². The minimum atomic E-state index is -0.262. The molecule has 0 fully saturated rings. The van der Waals surface area contributed by atoms with Gasteiger partial charge in [-0.25, -0.2) is 0 Å². The first-order valence-electron chi connectivity index (χ1n) is 6.06. The molecule has 1 aromatic carbocycles. The van der Waals surface area contributed by atoms with E-state index in [1.807, 2.05) is 50.2 Å². The Kier molecular flexibility index (Phi) is 5.82. The molecular formula is C14H22N2O2. The first kappa shape index (κ1) is 14.7. The molecule has 4 heteroatoms. The maximum atomic E-state index is 12.2. The second-order valence-corrected chi connectivity index (χ2v) is 4.56. The third kappa shape index (κ3) is 4.13. The van der Waals surface area contributed by atoms with Gasteiger partial charge in [-0.15, -0.1) is 0 Å². The van der Waals surface area contributed by atoms with Crippen molar-refractivity contribution in [2.75, 3.05) is 34.4 Å². The molecule has 1 rings (SSSR count). The first-order valence-corrected chi connectivity index (χ1v) is 6.06. The maximum Gasteiger partial charge on any atom is 0.242 e. The van der Waals surface area contributed by atoms with E-state index < -0.39 is 0 Å². The van der Waals surface area contributed by atoms with Crippen molar-refractivity contribution >= 4 is 5.91 Å². The van der Waals surface area contributed by atoms with E-state index in [0.29, 0.717) is 13.2 Å². The number of carbonyl (C=O) groups excluding carboxylic acids is 1. The zero-order valence-corrected chi connectivity index (χ0v) is 11.6. The highest BCUT2D eigenvalue weighted by atomic mass is 16.5. The molecule has 1 N–H and O–H groups in total. The lowest BCUT2D eigenvalue weighted by molar-refractivity contribution is -0.125. The number of ether oxygens (including phenoxy) is 1. The normalized spacial score (nSPS) is 12.5. The minimum Gasteiger partial charge on any atom is -0.383 e.